The summed E-state index contributed by atoms with van der Waals surface area (Å²) in [5.74, 6) is 0.406. The molecule has 134 valence electrons. The first kappa shape index (κ1) is 17.8. The van der Waals surface area contributed by atoms with E-state index in [9.17, 15) is 9.59 Å². The minimum Gasteiger partial charge on any atom is -0.497 e. The molecule has 2 amide bonds. The third kappa shape index (κ3) is 4.52. The molecule has 3 N–H and O–H groups in total. The summed E-state index contributed by atoms with van der Waals surface area (Å²) < 4.78 is 5.09. The zero-order chi connectivity index (χ0) is 18.5. The Bertz CT molecular complexity index is 835. The molecule has 2 aromatic carbocycles. The predicted molar refractivity (Wildman–Crippen MR) is 101 cm³/mol. The molecule has 2 aromatic rings. The maximum atomic E-state index is 12.1. The van der Waals surface area contributed by atoms with Crippen molar-refractivity contribution in [2.45, 2.75) is 12.5 Å². The average Bonchev–Trinajstić information content (AvgIpc) is 2.96. The van der Waals surface area contributed by atoms with Gasteiger partial charge in [0.15, 0.2) is 0 Å². The number of benzene rings is 2. The lowest BCUT2D eigenvalue weighted by atomic mass is 10.2. The molecule has 26 heavy (non-hydrogen) atoms. The zero-order valence-corrected chi connectivity index (χ0v) is 14.7. The topological polar surface area (TPSA) is 91.8 Å². The molecular formula is C18H17ClN4O3. The summed E-state index contributed by atoms with van der Waals surface area (Å²) in [6.07, 6.45) is -0.0533. The van der Waals surface area contributed by atoms with Crippen molar-refractivity contribution in [2.75, 3.05) is 17.7 Å². The largest absolute Gasteiger partial charge is 0.497 e. The summed E-state index contributed by atoms with van der Waals surface area (Å²) in [6, 6.07) is 13.1. The Labute approximate surface area is 155 Å². The van der Waals surface area contributed by atoms with E-state index in [1.807, 2.05) is 0 Å². The van der Waals surface area contributed by atoms with E-state index >= 15 is 0 Å². The summed E-state index contributed by atoms with van der Waals surface area (Å²) in [6.45, 7) is 0. The van der Waals surface area contributed by atoms with Gasteiger partial charge >= 0.3 is 0 Å². The van der Waals surface area contributed by atoms with Gasteiger partial charge in [-0.15, -0.1) is 0 Å². The Hall–Kier alpha value is -3.06. The first-order chi connectivity index (χ1) is 12.5. The number of halogens is 1. The molecule has 0 aromatic heterocycles. The number of hydrogen-bond acceptors (Lipinski definition) is 5. The van der Waals surface area contributed by atoms with Crippen molar-refractivity contribution < 1.29 is 14.3 Å². The number of nitrogens with zero attached hydrogens (tertiary/aromatic N) is 1. The first-order valence-corrected chi connectivity index (χ1v) is 8.26. The van der Waals surface area contributed by atoms with E-state index in [1.54, 1.807) is 55.6 Å². The molecule has 1 unspecified atom stereocenters. The molecule has 1 atom stereocenters. The average molecular weight is 373 g/mol. The number of amides is 2. The molecule has 1 aliphatic heterocycles. The predicted octanol–water partition coefficient (Wildman–Crippen LogP) is 2.64. The fraction of sp³-hybridized carbons (Fsp3) is 0.167. The van der Waals surface area contributed by atoms with Gasteiger partial charge in [-0.3, -0.25) is 14.9 Å². The van der Waals surface area contributed by atoms with Gasteiger partial charge in [0.1, 0.15) is 11.8 Å². The summed E-state index contributed by atoms with van der Waals surface area (Å²) in [5, 5.41) is 8.92. The van der Waals surface area contributed by atoms with Gasteiger partial charge in [-0.1, -0.05) is 11.6 Å². The molecule has 0 saturated carbocycles. The number of carbonyl (C=O) groups is 2. The van der Waals surface area contributed by atoms with Crippen LogP contribution in [0.1, 0.15) is 6.42 Å². The lowest BCUT2D eigenvalue weighted by molar-refractivity contribution is -0.123. The van der Waals surface area contributed by atoms with Gasteiger partial charge in [0.2, 0.25) is 11.9 Å². The number of rotatable bonds is 5. The van der Waals surface area contributed by atoms with Crippen LogP contribution >= 0.6 is 11.6 Å². The maximum absolute atomic E-state index is 12.1. The molecule has 0 aliphatic carbocycles. The number of nitrogens with one attached hydrogen (secondary N) is 3. The second-order valence-electron chi connectivity index (χ2n) is 5.60. The number of anilines is 2. The van der Waals surface area contributed by atoms with E-state index in [0.29, 0.717) is 16.7 Å². The molecular weight excluding hydrogens is 356 g/mol. The van der Waals surface area contributed by atoms with E-state index in [4.69, 9.17) is 16.3 Å². The van der Waals surface area contributed by atoms with E-state index in [1.165, 1.54) is 0 Å². The van der Waals surface area contributed by atoms with Crippen molar-refractivity contribution in [3.8, 4) is 5.75 Å². The summed E-state index contributed by atoms with van der Waals surface area (Å²) >= 11 is 5.81. The van der Waals surface area contributed by atoms with E-state index in [2.05, 4.69) is 20.9 Å². The van der Waals surface area contributed by atoms with Gasteiger partial charge in [-0.2, -0.15) is 0 Å². The zero-order valence-electron chi connectivity index (χ0n) is 14.0. The fourth-order valence-corrected chi connectivity index (χ4v) is 2.51. The van der Waals surface area contributed by atoms with Crippen molar-refractivity contribution in [3.05, 3.63) is 53.6 Å². The van der Waals surface area contributed by atoms with Gasteiger partial charge in [-0.25, -0.2) is 4.99 Å². The number of methoxy groups -OCH3 is 1. The number of ether oxygens (including phenoxy) is 1. The lowest BCUT2D eigenvalue weighted by Crippen LogP contribution is -2.33. The monoisotopic (exact) mass is 372 g/mol. The van der Waals surface area contributed by atoms with Crippen molar-refractivity contribution in [1.82, 2.24) is 5.32 Å². The normalized spacial score (nSPS) is 15.8. The molecule has 1 heterocycles. The van der Waals surface area contributed by atoms with Crippen molar-refractivity contribution in [3.63, 3.8) is 0 Å². The van der Waals surface area contributed by atoms with E-state index in [0.717, 1.165) is 11.4 Å². The molecule has 3 rings (SSSR count). The highest BCUT2D eigenvalue weighted by Crippen LogP contribution is 2.17. The summed E-state index contributed by atoms with van der Waals surface area (Å²) in [4.78, 5) is 28.4. The van der Waals surface area contributed by atoms with Gasteiger partial charge < -0.3 is 15.4 Å². The summed E-state index contributed by atoms with van der Waals surface area (Å²) in [7, 11) is 1.59. The van der Waals surface area contributed by atoms with Crippen molar-refractivity contribution >= 4 is 40.7 Å². The Morgan fingerprint density at radius 1 is 1.15 bits per heavy atom. The Kier molecular flexibility index (Phi) is 5.38. The first-order valence-electron chi connectivity index (χ1n) is 7.88. The van der Waals surface area contributed by atoms with Crippen LogP contribution < -0.4 is 20.7 Å². The SMILES string of the molecule is COc1ccc(NC2=NC(CC(=O)Nc3ccc(Cl)cc3)C(=O)N2)cc1. The molecule has 8 heteroatoms. The quantitative estimate of drug-likeness (QED) is 0.752. The second-order valence-corrected chi connectivity index (χ2v) is 6.03. The lowest BCUT2D eigenvalue weighted by Gasteiger charge is -2.06. The van der Waals surface area contributed by atoms with Crippen LogP contribution in [0, 0.1) is 0 Å². The Morgan fingerprint density at radius 3 is 2.46 bits per heavy atom. The van der Waals surface area contributed by atoms with Gasteiger partial charge in [-0.05, 0) is 48.5 Å². The highest BCUT2D eigenvalue weighted by molar-refractivity contribution is 6.30. The van der Waals surface area contributed by atoms with Crippen LogP contribution in [0.2, 0.25) is 5.02 Å². The van der Waals surface area contributed by atoms with Crippen LogP contribution in [-0.2, 0) is 9.59 Å². The number of guanidine groups is 1. The van der Waals surface area contributed by atoms with Crippen LogP contribution in [0.3, 0.4) is 0 Å². The minimum absolute atomic E-state index is 0.0533. The Morgan fingerprint density at radius 2 is 1.81 bits per heavy atom. The van der Waals surface area contributed by atoms with E-state index < -0.39 is 6.04 Å². The molecule has 1 aliphatic rings. The standard InChI is InChI=1S/C18H17ClN4O3/c1-26-14-8-6-13(7-9-14)21-18-22-15(17(25)23-18)10-16(24)20-12-4-2-11(19)3-5-12/h2-9,15H,10H2,1H3,(H,20,24)(H2,21,22,23,25). The van der Waals surface area contributed by atoms with E-state index in [-0.39, 0.29) is 18.2 Å². The number of aliphatic imine (C=N–C) groups is 1. The van der Waals surface area contributed by atoms with Crippen LogP contribution in [0.15, 0.2) is 53.5 Å². The molecule has 7 nitrogen and oxygen atoms in total. The maximum Gasteiger partial charge on any atom is 0.252 e. The molecule has 0 radical (unpaired) electrons. The molecule has 0 fully saturated rings. The van der Waals surface area contributed by atoms with Crippen molar-refractivity contribution in [2.24, 2.45) is 4.99 Å². The van der Waals surface area contributed by atoms with Gasteiger partial charge in [0.05, 0.1) is 13.5 Å². The minimum atomic E-state index is -0.775. The number of carbonyl (C=O) groups excluding carboxylic acids is 2. The Balaban J connectivity index is 1.58. The smallest absolute Gasteiger partial charge is 0.252 e. The molecule has 0 spiro atoms. The van der Waals surface area contributed by atoms with Crippen LogP contribution in [0.4, 0.5) is 11.4 Å². The molecule has 0 saturated heterocycles. The third-order valence-electron chi connectivity index (χ3n) is 3.69. The molecule has 0 bridgehead atoms. The fourth-order valence-electron chi connectivity index (χ4n) is 2.38. The highest BCUT2D eigenvalue weighted by Gasteiger charge is 2.28. The van der Waals surface area contributed by atoms with Crippen LogP contribution in [0.5, 0.6) is 5.75 Å². The van der Waals surface area contributed by atoms with Gasteiger partial charge in [0, 0.05) is 16.4 Å². The highest BCUT2D eigenvalue weighted by atomic mass is 35.5. The second kappa shape index (κ2) is 7.88. The summed E-state index contributed by atoms with van der Waals surface area (Å²) in [5.41, 5.74) is 1.36. The van der Waals surface area contributed by atoms with Crippen molar-refractivity contribution in [1.29, 1.82) is 0 Å². The van der Waals surface area contributed by atoms with Crippen LogP contribution in [0.25, 0.3) is 0 Å². The third-order valence-corrected chi connectivity index (χ3v) is 3.94. The van der Waals surface area contributed by atoms with Gasteiger partial charge in [0.25, 0.3) is 5.91 Å². The van der Waals surface area contributed by atoms with Crippen LogP contribution in [-0.4, -0.2) is 30.9 Å². The number of hydrogen-bond donors (Lipinski definition) is 3.